The van der Waals surface area contributed by atoms with Crippen molar-refractivity contribution in [2.24, 2.45) is 0 Å². The summed E-state index contributed by atoms with van der Waals surface area (Å²) < 4.78 is 5.20. The molecule has 2 aromatic rings. The lowest BCUT2D eigenvalue weighted by molar-refractivity contribution is 0.374. The van der Waals surface area contributed by atoms with Gasteiger partial charge in [-0.05, 0) is 24.6 Å². The molecule has 0 unspecified atom stereocenters. The van der Waals surface area contributed by atoms with Crippen molar-refractivity contribution in [3.05, 3.63) is 34.1 Å². The van der Waals surface area contributed by atoms with E-state index in [1.165, 1.54) is 12.8 Å². The van der Waals surface area contributed by atoms with Gasteiger partial charge in [0.2, 0.25) is 11.7 Å². The fourth-order valence-corrected chi connectivity index (χ4v) is 2.16. The van der Waals surface area contributed by atoms with Gasteiger partial charge in [-0.3, -0.25) is 0 Å². The number of aryl methyl sites for hydroxylation is 1. The average Bonchev–Trinajstić information content (AvgIpc) is 2.78. The molecule has 0 saturated carbocycles. The number of aromatic nitrogens is 2. The molecule has 18 heavy (non-hydrogen) atoms. The van der Waals surface area contributed by atoms with Crippen LogP contribution in [0.2, 0.25) is 10.0 Å². The van der Waals surface area contributed by atoms with Crippen LogP contribution in [0.4, 0.5) is 0 Å². The fraction of sp³-hybridized carbons (Fsp3) is 0.385. The van der Waals surface area contributed by atoms with Crippen molar-refractivity contribution in [3.8, 4) is 11.4 Å². The number of nitrogens with zero attached hydrogens (tertiary/aromatic N) is 2. The van der Waals surface area contributed by atoms with Crippen LogP contribution >= 0.6 is 23.2 Å². The minimum absolute atomic E-state index is 0.517. The normalized spacial score (nSPS) is 10.8. The van der Waals surface area contributed by atoms with E-state index in [0.717, 1.165) is 18.4 Å². The second kappa shape index (κ2) is 6.21. The van der Waals surface area contributed by atoms with Gasteiger partial charge in [0.15, 0.2) is 0 Å². The first-order valence-corrected chi connectivity index (χ1v) is 6.74. The molecule has 0 radical (unpaired) electrons. The Morgan fingerprint density at radius 2 is 2.06 bits per heavy atom. The van der Waals surface area contributed by atoms with Gasteiger partial charge in [0.1, 0.15) is 0 Å². The van der Waals surface area contributed by atoms with Gasteiger partial charge < -0.3 is 4.52 Å². The molecule has 5 heteroatoms. The second-order valence-corrected chi connectivity index (χ2v) is 4.94. The lowest BCUT2D eigenvalue weighted by atomic mass is 10.2. The van der Waals surface area contributed by atoms with Gasteiger partial charge in [-0.1, -0.05) is 48.1 Å². The lowest BCUT2D eigenvalue weighted by Gasteiger charge is -1.98. The summed E-state index contributed by atoms with van der Waals surface area (Å²) in [5, 5.41) is 5.07. The highest BCUT2D eigenvalue weighted by atomic mass is 35.5. The molecule has 0 atom stereocenters. The van der Waals surface area contributed by atoms with Gasteiger partial charge in [0, 0.05) is 17.0 Å². The lowest BCUT2D eigenvalue weighted by Crippen LogP contribution is -1.86. The van der Waals surface area contributed by atoms with E-state index in [4.69, 9.17) is 27.7 Å². The third kappa shape index (κ3) is 3.24. The molecule has 0 aliphatic carbocycles. The maximum Gasteiger partial charge on any atom is 0.226 e. The number of rotatable bonds is 5. The highest BCUT2D eigenvalue weighted by Crippen LogP contribution is 2.28. The second-order valence-electron chi connectivity index (χ2n) is 4.09. The minimum Gasteiger partial charge on any atom is -0.339 e. The van der Waals surface area contributed by atoms with Crippen molar-refractivity contribution in [2.75, 3.05) is 0 Å². The molecule has 96 valence electrons. The molecule has 1 heterocycles. The smallest absolute Gasteiger partial charge is 0.226 e. The zero-order valence-corrected chi connectivity index (χ0v) is 11.6. The Hall–Kier alpha value is -1.06. The average molecular weight is 285 g/mol. The Morgan fingerprint density at radius 1 is 1.22 bits per heavy atom. The molecule has 0 aliphatic heterocycles. The van der Waals surface area contributed by atoms with E-state index in [2.05, 4.69) is 17.1 Å². The molecule has 1 aromatic carbocycles. The van der Waals surface area contributed by atoms with Crippen LogP contribution in [0.5, 0.6) is 0 Å². The third-order valence-corrected chi connectivity index (χ3v) is 3.18. The Kier molecular flexibility index (Phi) is 4.61. The Labute approximate surface area is 116 Å². The molecule has 0 amide bonds. The SMILES string of the molecule is CCCCCc1nc(-c2ccc(Cl)cc2Cl)no1. The first kappa shape index (κ1) is 13.4. The van der Waals surface area contributed by atoms with E-state index in [1.54, 1.807) is 18.2 Å². The standard InChI is InChI=1S/C13H14Cl2N2O/c1-2-3-4-5-12-16-13(17-18-12)10-7-6-9(14)8-11(10)15/h6-8H,2-5H2,1H3. The van der Waals surface area contributed by atoms with Crippen molar-refractivity contribution in [1.29, 1.82) is 0 Å². The Balaban J connectivity index is 2.13. The summed E-state index contributed by atoms with van der Waals surface area (Å²) in [7, 11) is 0. The summed E-state index contributed by atoms with van der Waals surface area (Å²) in [5.41, 5.74) is 0.742. The van der Waals surface area contributed by atoms with Crippen molar-refractivity contribution in [1.82, 2.24) is 10.1 Å². The predicted molar refractivity (Wildman–Crippen MR) is 73.0 cm³/mol. The van der Waals surface area contributed by atoms with Crippen LogP contribution in [0, 0.1) is 0 Å². The highest BCUT2D eigenvalue weighted by Gasteiger charge is 2.11. The number of halogens is 2. The number of hydrogen-bond donors (Lipinski definition) is 0. The number of benzene rings is 1. The number of hydrogen-bond acceptors (Lipinski definition) is 3. The molecule has 3 nitrogen and oxygen atoms in total. The van der Waals surface area contributed by atoms with Crippen LogP contribution in [-0.2, 0) is 6.42 Å². The maximum absolute atomic E-state index is 6.09. The largest absolute Gasteiger partial charge is 0.339 e. The van der Waals surface area contributed by atoms with Gasteiger partial charge >= 0.3 is 0 Å². The zero-order valence-electron chi connectivity index (χ0n) is 10.1. The minimum atomic E-state index is 0.517. The summed E-state index contributed by atoms with van der Waals surface area (Å²) in [4.78, 5) is 4.34. The summed E-state index contributed by atoms with van der Waals surface area (Å²) in [6.07, 6.45) is 4.21. The van der Waals surface area contributed by atoms with Crippen molar-refractivity contribution in [3.63, 3.8) is 0 Å². The summed E-state index contributed by atoms with van der Waals surface area (Å²) in [6.45, 7) is 2.16. The van der Waals surface area contributed by atoms with E-state index >= 15 is 0 Å². The van der Waals surface area contributed by atoms with Crippen LogP contribution in [0.25, 0.3) is 11.4 Å². The topological polar surface area (TPSA) is 38.9 Å². The zero-order chi connectivity index (χ0) is 13.0. The summed E-state index contributed by atoms with van der Waals surface area (Å²) in [5.74, 6) is 1.17. The van der Waals surface area contributed by atoms with Gasteiger partial charge in [-0.2, -0.15) is 4.98 Å². The van der Waals surface area contributed by atoms with E-state index in [-0.39, 0.29) is 0 Å². The predicted octanol–water partition coefficient (Wildman–Crippen LogP) is 4.78. The maximum atomic E-state index is 6.09. The molecule has 0 fully saturated rings. The van der Waals surface area contributed by atoms with Crippen molar-refractivity contribution < 1.29 is 4.52 Å². The molecule has 0 bridgehead atoms. The van der Waals surface area contributed by atoms with Gasteiger partial charge in [-0.15, -0.1) is 0 Å². The first-order chi connectivity index (χ1) is 8.70. The quantitative estimate of drug-likeness (QED) is 0.742. The Morgan fingerprint density at radius 3 is 2.78 bits per heavy atom. The first-order valence-electron chi connectivity index (χ1n) is 5.98. The van der Waals surface area contributed by atoms with Crippen molar-refractivity contribution in [2.45, 2.75) is 32.6 Å². The Bertz CT molecular complexity index is 525. The van der Waals surface area contributed by atoms with E-state index in [1.807, 2.05) is 0 Å². The molecule has 2 rings (SSSR count). The highest BCUT2D eigenvalue weighted by molar-refractivity contribution is 6.36. The van der Waals surface area contributed by atoms with Crippen LogP contribution in [-0.4, -0.2) is 10.1 Å². The van der Waals surface area contributed by atoms with Crippen molar-refractivity contribution >= 4 is 23.2 Å². The molecule has 1 aromatic heterocycles. The van der Waals surface area contributed by atoms with Crippen LogP contribution < -0.4 is 0 Å². The summed E-state index contributed by atoms with van der Waals surface area (Å²) in [6, 6.07) is 5.23. The monoisotopic (exact) mass is 284 g/mol. The fourth-order valence-electron chi connectivity index (χ4n) is 1.66. The van der Waals surface area contributed by atoms with Crippen LogP contribution in [0.3, 0.4) is 0 Å². The molecule has 0 spiro atoms. The molecular weight excluding hydrogens is 271 g/mol. The molecule has 0 saturated heterocycles. The van der Waals surface area contributed by atoms with Gasteiger partial charge in [0.25, 0.3) is 0 Å². The van der Waals surface area contributed by atoms with E-state index in [0.29, 0.717) is 21.8 Å². The number of unbranched alkanes of at least 4 members (excludes halogenated alkanes) is 2. The molecule has 0 N–H and O–H groups in total. The summed E-state index contributed by atoms with van der Waals surface area (Å²) >= 11 is 11.9. The van der Waals surface area contributed by atoms with Crippen LogP contribution in [0.15, 0.2) is 22.7 Å². The van der Waals surface area contributed by atoms with Gasteiger partial charge in [-0.25, -0.2) is 0 Å². The third-order valence-electron chi connectivity index (χ3n) is 2.63. The van der Waals surface area contributed by atoms with E-state index < -0.39 is 0 Å². The van der Waals surface area contributed by atoms with Gasteiger partial charge in [0.05, 0.1) is 5.02 Å². The molecule has 0 aliphatic rings. The van der Waals surface area contributed by atoms with E-state index in [9.17, 15) is 0 Å². The van der Waals surface area contributed by atoms with Crippen LogP contribution in [0.1, 0.15) is 32.1 Å². The molecular formula is C13H14Cl2N2O.